The monoisotopic (exact) mass is 273 g/mol. The highest BCUT2D eigenvalue weighted by molar-refractivity contribution is 9.10. The largest absolute Gasteiger partial charge is 0.327 e. The third kappa shape index (κ3) is 1.60. The second-order valence-corrected chi connectivity index (χ2v) is 5.39. The second kappa shape index (κ2) is 3.51. The number of rotatable bonds is 2. The van der Waals surface area contributed by atoms with E-state index in [4.69, 9.17) is 17.3 Å². The molecule has 0 aliphatic heterocycles. The molecule has 0 aromatic heterocycles. The number of hydrogen-bond donors (Lipinski definition) is 1. The Bertz CT molecular complexity index is 358. The van der Waals surface area contributed by atoms with E-state index in [1.54, 1.807) is 0 Å². The van der Waals surface area contributed by atoms with Crippen molar-refractivity contribution in [3.63, 3.8) is 0 Å². The first kappa shape index (κ1) is 10.5. The Morgan fingerprint density at radius 3 is 2.64 bits per heavy atom. The molecule has 0 saturated heterocycles. The summed E-state index contributed by atoms with van der Waals surface area (Å²) in [6.45, 7) is 2.06. The van der Waals surface area contributed by atoms with Crippen molar-refractivity contribution in [3.05, 3.63) is 33.3 Å². The summed E-state index contributed by atoms with van der Waals surface area (Å²) in [4.78, 5) is 0. The zero-order valence-electron chi connectivity index (χ0n) is 8.06. The first-order valence-electron chi connectivity index (χ1n) is 4.77. The maximum atomic E-state index is 6.19. The maximum Gasteiger partial charge on any atom is 0.0445 e. The van der Waals surface area contributed by atoms with Gasteiger partial charge in [0.25, 0.3) is 0 Å². The lowest BCUT2D eigenvalue weighted by molar-refractivity contribution is 0.556. The van der Waals surface area contributed by atoms with Gasteiger partial charge in [0.05, 0.1) is 0 Å². The summed E-state index contributed by atoms with van der Waals surface area (Å²) in [7, 11) is 0. The highest BCUT2D eigenvalue weighted by Gasteiger charge is 2.48. The predicted molar refractivity (Wildman–Crippen MR) is 63.7 cm³/mol. The van der Waals surface area contributed by atoms with E-state index in [1.807, 2.05) is 12.1 Å². The van der Waals surface area contributed by atoms with Crippen LogP contribution >= 0.6 is 27.5 Å². The van der Waals surface area contributed by atoms with Crippen molar-refractivity contribution in [2.24, 2.45) is 5.73 Å². The van der Waals surface area contributed by atoms with Crippen LogP contribution < -0.4 is 5.73 Å². The van der Waals surface area contributed by atoms with Crippen LogP contribution in [0.3, 0.4) is 0 Å². The van der Waals surface area contributed by atoms with Crippen LogP contribution in [0, 0.1) is 0 Å². The molecule has 1 aromatic rings. The van der Waals surface area contributed by atoms with Crippen LogP contribution in [-0.4, -0.2) is 6.04 Å². The molecule has 1 atom stereocenters. The molecule has 0 amide bonds. The van der Waals surface area contributed by atoms with E-state index >= 15 is 0 Å². The van der Waals surface area contributed by atoms with Crippen LogP contribution in [0.1, 0.15) is 25.3 Å². The summed E-state index contributed by atoms with van der Waals surface area (Å²) in [6, 6.07) is 6.17. The Balaban J connectivity index is 2.46. The minimum atomic E-state index is 0.140. The van der Waals surface area contributed by atoms with Crippen LogP contribution in [0.25, 0.3) is 0 Å². The van der Waals surface area contributed by atoms with Gasteiger partial charge in [-0.1, -0.05) is 27.5 Å². The molecule has 1 unspecified atom stereocenters. The molecule has 76 valence electrons. The van der Waals surface area contributed by atoms with Crippen LogP contribution in [0.4, 0.5) is 0 Å². The smallest absolute Gasteiger partial charge is 0.0445 e. The van der Waals surface area contributed by atoms with Crippen molar-refractivity contribution < 1.29 is 0 Å². The summed E-state index contributed by atoms with van der Waals surface area (Å²) in [5.74, 6) is 0. The molecule has 0 heterocycles. The topological polar surface area (TPSA) is 26.0 Å². The van der Waals surface area contributed by atoms with Gasteiger partial charge in [0.15, 0.2) is 0 Å². The molecular formula is C11H13BrClN. The minimum Gasteiger partial charge on any atom is -0.327 e. The Morgan fingerprint density at radius 1 is 1.50 bits per heavy atom. The number of halogens is 2. The van der Waals surface area contributed by atoms with E-state index in [0.717, 1.165) is 22.3 Å². The first-order chi connectivity index (χ1) is 6.56. The lowest BCUT2D eigenvalue weighted by Crippen LogP contribution is -2.31. The lowest BCUT2D eigenvalue weighted by Gasteiger charge is -2.21. The molecule has 1 aliphatic rings. The van der Waals surface area contributed by atoms with Gasteiger partial charge in [-0.25, -0.2) is 0 Å². The number of benzene rings is 1. The molecule has 3 heteroatoms. The summed E-state index contributed by atoms with van der Waals surface area (Å²) >= 11 is 9.65. The van der Waals surface area contributed by atoms with E-state index in [9.17, 15) is 0 Å². The summed E-state index contributed by atoms with van der Waals surface area (Å²) in [6.07, 6.45) is 2.31. The molecule has 0 radical (unpaired) electrons. The Labute approximate surface area is 97.8 Å². The third-order valence-corrected chi connectivity index (χ3v) is 3.95. The second-order valence-electron chi connectivity index (χ2n) is 4.07. The van der Waals surface area contributed by atoms with Gasteiger partial charge in [-0.05, 0) is 43.5 Å². The summed E-state index contributed by atoms with van der Waals surface area (Å²) in [5, 5.41) is 0.836. The van der Waals surface area contributed by atoms with Gasteiger partial charge in [-0.2, -0.15) is 0 Å². The van der Waals surface area contributed by atoms with Crippen molar-refractivity contribution in [2.75, 3.05) is 0 Å². The van der Waals surface area contributed by atoms with Crippen molar-refractivity contribution in [1.82, 2.24) is 0 Å². The van der Waals surface area contributed by atoms with Gasteiger partial charge in [0.2, 0.25) is 0 Å². The Kier molecular flexibility index (Phi) is 2.63. The average molecular weight is 275 g/mol. The van der Waals surface area contributed by atoms with Crippen LogP contribution in [0.5, 0.6) is 0 Å². The fourth-order valence-electron chi connectivity index (χ4n) is 1.98. The van der Waals surface area contributed by atoms with E-state index < -0.39 is 0 Å². The molecule has 0 spiro atoms. The van der Waals surface area contributed by atoms with Crippen molar-refractivity contribution in [2.45, 2.75) is 31.2 Å². The molecule has 1 saturated carbocycles. The zero-order chi connectivity index (χ0) is 10.3. The fraction of sp³-hybridized carbons (Fsp3) is 0.455. The van der Waals surface area contributed by atoms with E-state index in [0.29, 0.717) is 0 Å². The molecule has 1 aliphatic carbocycles. The molecule has 14 heavy (non-hydrogen) atoms. The molecule has 0 bridgehead atoms. The maximum absolute atomic E-state index is 6.19. The van der Waals surface area contributed by atoms with Crippen molar-refractivity contribution in [3.8, 4) is 0 Å². The Morgan fingerprint density at radius 2 is 2.14 bits per heavy atom. The highest BCUT2D eigenvalue weighted by atomic mass is 79.9. The molecular weight excluding hydrogens is 261 g/mol. The summed E-state index contributed by atoms with van der Waals surface area (Å²) < 4.78 is 1.07. The summed E-state index contributed by atoms with van der Waals surface area (Å²) in [5.41, 5.74) is 7.35. The van der Waals surface area contributed by atoms with Crippen LogP contribution in [0.15, 0.2) is 22.7 Å². The molecule has 1 fully saturated rings. The molecule has 2 rings (SSSR count). The van der Waals surface area contributed by atoms with Gasteiger partial charge < -0.3 is 5.73 Å². The van der Waals surface area contributed by atoms with Crippen molar-refractivity contribution >= 4 is 27.5 Å². The van der Waals surface area contributed by atoms with Gasteiger partial charge in [-0.3, -0.25) is 0 Å². The average Bonchev–Trinajstić information content (AvgIpc) is 2.90. The van der Waals surface area contributed by atoms with Gasteiger partial charge in [0, 0.05) is 21.0 Å². The first-order valence-corrected chi connectivity index (χ1v) is 5.94. The van der Waals surface area contributed by atoms with Gasteiger partial charge >= 0.3 is 0 Å². The number of nitrogens with two attached hydrogens (primary N) is 1. The predicted octanol–water partition coefficient (Wildman–Crippen LogP) is 3.48. The molecule has 1 aromatic carbocycles. The third-order valence-electron chi connectivity index (χ3n) is 3.13. The minimum absolute atomic E-state index is 0.140. The van der Waals surface area contributed by atoms with Crippen LogP contribution in [0.2, 0.25) is 5.02 Å². The fourth-order valence-corrected chi connectivity index (χ4v) is 2.65. The molecule has 1 nitrogen and oxygen atoms in total. The van der Waals surface area contributed by atoms with E-state index in [-0.39, 0.29) is 11.5 Å². The SMILES string of the molecule is CC(N)C1(c2cc(Br)ccc2Cl)CC1. The normalized spacial score (nSPS) is 20.6. The standard InChI is InChI=1S/C11H13BrClN/c1-7(14)11(4-5-11)9-6-8(12)2-3-10(9)13/h2-3,6-7H,4-5,14H2,1H3. The van der Waals surface area contributed by atoms with Gasteiger partial charge in [0.1, 0.15) is 0 Å². The highest BCUT2D eigenvalue weighted by Crippen LogP contribution is 2.52. The number of hydrogen-bond acceptors (Lipinski definition) is 1. The zero-order valence-corrected chi connectivity index (χ0v) is 10.4. The van der Waals surface area contributed by atoms with E-state index in [1.165, 1.54) is 5.56 Å². The van der Waals surface area contributed by atoms with Gasteiger partial charge in [-0.15, -0.1) is 0 Å². The quantitative estimate of drug-likeness (QED) is 0.878. The lowest BCUT2D eigenvalue weighted by atomic mass is 9.89. The molecule has 2 N–H and O–H groups in total. The van der Waals surface area contributed by atoms with Crippen LogP contribution in [-0.2, 0) is 5.41 Å². The Hall–Kier alpha value is -0.0500. The van der Waals surface area contributed by atoms with E-state index in [2.05, 4.69) is 28.9 Å². The van der Waals surface area contributed by atoms with Crippen molar-refractivity contribution in [1.29, 1.82) is 0 Å².